The summed E-state index contributed by atoms with van der Waals surface area (Å²) in [5, 5.41) is 1.98. The van der Waals surface area contributed by atoms with Crippen molar-refractivity contribution in [1.29, 1.82) is 0 Å². The van der Waals surface area contributed by atoms with Gasteiger partial charge in [0.2, 0.25) is 0 Å². The van der Waals surface area contributed by atoms with Gasteiger partial charge in [0.25, 0.3) is 5.91 Å². The Hall–Kier alpha value is -4.13. The molecule has 0 radical (unpaired) electrons. The summed E-state index contributed by atoms with van der Waals surface area (Å²) in [6.07, 6.45) is 1.73. The molecule has 0 aliphatic carbocycles. The first-order valence-corrected chi connectivity index (χ1v) is 13.0. The van der Waals surface area contributed by atoms with Crippen LogP contribution in [0.2, 0.25) is 5.02 Å². The van der Waals surface area contributed by atoms with E-state index in [1.165, 1.54) is 11.3 Å². The number of hydrogen-bond acceptors (Lipinski definition) is 5. The maximum Gasteiger partial charge on any atom is 0.261 e. The van der Waals surface area contributed by atoms with Crippen LogP contribution in [0.1, 0.15) is 21.6 Å². The zero-order valence-electron chi connectivity index (χ0n) is 19.9. The summed E-state index contributed by atoms with van der Waals surface area (Å²) in [6.45, 7) is 2.27. The molecule has 0 atom stereocenters. The van der Waals surface area contributed by atoms with E-state index in [1.54, 1.807) is 11.1 Å². The van der Waals surface area contributed by atoms with Gasteiger partial charge in [-0.15, -0.1) is 0 Å². The van der Waals surface area contributed by atoms with E-state index in [9.17, 15) is 4.79 Å². The van der Waals surface area contributed by atoms with Crippen molar-refractivity contribution in [2.75, 3.05) is 4.90 Å². The van der Waals surface area contributed by atoms with Crippen LogP contribution in [0.5, 0.6) is 0 Å². The minimum Gasteiger partial charge on any atom is -0.278 e. The van der Waals surface area contributed by atoms with E-state index in [0.717, 1.165) is 43.6 Å². The molecule has 0 saturated carbocycles. The Morgan fingerprint density at radius 2 is 1.70 bits per heavy atom. The Kier molecular flexibility index (Phi) is 6.12. The second-order valence-electron chi connectivity index (χ2n) is 8.69. The fraction of sp³-hybridized carbons (Fsp3) is 0.0667. The third-order valence-electron chi connectivity index (χ3n) is 6.22. The van der Waals surface area contributed by atoms with Crippen molar-refractivity contribution in [2.45, 2.75) is 13.5 Å². The highest BCUT2D eigenvalue weighted by Crippen LogP contribution is 2.37. The van der Waals surface area contributed by atoms with Crippen LogP contribution < -0.4 is 4.90 Å². The number of nitrogens with zero attached hydrogens (tertiary/aromatic N) is 4. The van der Waals surface area contributed by atoms with Gasteiger partial charge in [-0.25, -0.2) is 9.97 Å². The number of aryl methyl sites for hydroxylation is 1. The van der Waals surface area contributed by atoms with Crippen molar-refractivity contribution in [3.8, 4) is 11.3 Å². The smallest absolute Gasteiger partial charge is 0.261 e. The molecule has 0 aliphatic heterocycles. The lowest BCUT2D eigenvalue weighted by molar-refractivity contribution is 0.0986. The lowest BCUT2D eigenvalue weighted by atomic mass is 10.0. The van der Waals surface area contributed by atoms with Crippen molar-refractivity contribution < 1.29 is 4.79 Å². The zero-order valence-corrected chi connectivity index (χ0v) is 21.5. The summed E-state index contributed by atoms with van der Waals surface area (Å²) in [5.41, 5.74) is 5.57. The SMILES string of the molecule is Cc1ccc(Cl)c2sc(N(Cc3ccccn3)C(=O)c3cc(-c4ccccc4)nc4ccccc34)nc12. The number of thiazole rings is 1. The number of carbonyl (C=O) groups is 1. The number of carbonyl (C=O) groups excluding carboxylic acids is 1. The number of benzene rings is 3. The van der Waals surface area contributed by atoms with Crippen LogP contribution in [0, 0.1) is 6.92 Å². The third-order valence-corrected chi connectivity index (χ3v) is 7.76. The molecule has 5 nitrogen and oxygen atoms in total. The van der Waals surface area contributed by atoms with E-state index < -0.39 is 0 Å². The molecule has 37 heavy (non-hydrogen) atoms. The molecule has 0 aliphatic rings. The fourth-order valence-corrected chi connectivity index (χ4v) is 5.65. The highest BCUT2D eigenvalue weighted by molar-refractivity contribution is 7.23. The molecule has 3 aromatic heterocycles. The van der Waals surface area contributed by atoms with Gasteiger partial charge in [-0.05, 0) is 42.8 Å². The molecule has 0 bridgehead atoms. The predicted octanol–water partition coefficient (Wildman–Crippen LogP) is 7.72. The van der Waals surface area contributed by atoms with Crippen LogP contribution in [0.3, 0.4) is 0 Å². The number of anilines is 1. The van der Waals surface area contributed by atoms with Gasteiger partial charge in [0.05, 0.1) is 44.3 Å². The summed E-state index contributed by atoms with van der Waals surface area (Å²) in [4.78, 5) is 30.3. The number of halogens is 1. The summed E-state index contributed by atoms with van der Waals surface area (Å²) in [5.74, 6) is -0.172. The first-order chi connectivity index (χ1) is 18.1. The average Bonchev–Trinajstić information content (AvgIpc) is 3.40. The number of para-hydroxylation sites is 1. The Labute approximate surface area is 223 Å². The van der Waals surface area contributed by atoms with Crippen LogP contribution in [0.15, 0.2) is 97.2 Å². The zero-order chi connectivity index (χ0) is 25.4. The van der Waals surface area contributed by atoms with Gasteiger partial charge >= 0.3 is 0 Å². The van der Waals surface area contributed by atoms with Crippen molar-refractivity contribution in [3.05, 3.63) is 119 Å². The first kappa shape index (κ1) is 23.3. The van der Waals surface area contributed by atoms with Crippen molar-refractivity contribution in [2.24, 2.45) is 0 Å². The molecular weight excluding hydrogens is 500 g/mol. The van der Waals surface area contributed by atoms with E-state index in [2.05, 4.69) is 4.98 Å². The number of fused-ring (bicyclic) bond motifs is 2. The van der Waals surface area contributed by atoms with E-state index in [-0.39, 0.29) is 12.5 Å². The maximum atomic E-state index is 14.4. The Morgan fingerprint density at radius 1 is 0.919 bits per heavy atom. The lowest BCUT2D eigenvalue weighted by Crippen LogP contribution is -2.31. The Balaban J connectivity index is 1.54. The molecule has 7 heteroatoms. The van der Waals surface area contributed by atoms with Gasteiger partial charge in [-0.2, -0.15) is 0 Å². The topological polar surface area (TPSA) is 59.0 Å². The van der Waals surface area contributed by atoms with Crippen LogP contribution in [-0.4, -0.2) is 20.9 Å². The van der Waals surface area contributed by atoms with Crippen LogP contribution in [0.25, 0.3) is 32.4 Å². The normalized spacial score (nSPS) is 11.2. The van der Waals surface area contributed by atoms with Gasteiger partial charge in [-0.3, -0.25) is 14.7 Å². The van der Waals surface area contributed by atoms with Gasteiger partial charge in [-0.1, -0.05) is 83.6 Å². The van der Waals surface area contributed by atoms with Gasteiger partial charge in [0.1, 0.15) is 0 Å². The van der Waals surface area contributed by atoms with Crippen LogP contribution in [-0.2, 0) is 6.54 Å². The summed E-state index contributed by atoms with van der Waals surface area (Å²) < 4.78 is 0.861. The van der Waals surface area contributed by atoms with Gasteiger partial charge < -0.3 is 0 Å². The molecule has 6 rings (SSSR count). The third kappa shape index (κ3) is 4.46. The molecule has 3 heterocycles. The van der Waals surface area contributed by atoms with Gasteiger partial charge in [0, 0.05) is 17.1 Å². The number of pyridine rings is 2. The van der Waals surface area contributed by atoms with Crippen molar-refractivity contribution in [3.63, 3.8) is 0 Å². The monoisotopic (exact) mass is 520 g/mol. The molecule has 1 amide bonds. The first-order valence-electron chi connectivity index (χ1n) is 11.8. The molecular formula is C30H21ClN4OS. The van der Waals surface area contributed by atoms with E-state index in [1.807, 2.05) is 97.9 Å². The van der Waals surface area contributed by atoms with Crippen molar-refractivity contribution >= 4 is 55.1 Å². The largest absolute Gasteiger partial charge is 0.278 e. The molecule has 0 unspecified atom stereocenters. The summed E-state index contributed by atoms with van der Waals surface area (Å²) >= 11 is 7.93. The number of rotatable bonds is 5. The average molecular weight is 521 g/mol. The lowest BCUT2D eigenvalue weighted by Gasteiger charge is -2.21. The highest BCUT2D eigenvalue weighted by Gasteiger charge is 2.25. The Morgan fingerprint density at radius 3 is 2.49 bits per heavy atom. The fourth-order valence-electron chi connectivity index (χ4n) is 4.34. The minimum atomic E-state index is -0.172. The molecule has 0 spiro atoms. The maximum absolute atomic E-state index is 14.4. The predicted molar refractivity (Wildman–Crippen MR) is 151 cm³/mol. The van der Waals surface area contributed by atoms with Crippen LogP contribution in [0.4, 0.5) is 5.13 Å². The number of hydrogen-bond donors (Lipinski definition) is 0. The van der Waals surface area contributed by atoms with E-state index in [0.29, 0.717) is 15.7 Å². The quantitative estimate of drug-likeness (QED) is 0.233. The molecule has 3 aromatic carbocycles. The number of amides is 1. The summed E-state index contributed by atoms with van der Waals surface area (Å²) in [6, 6.07) is 29.0. The highest BCUT2D eigenvalue weighted by atomic mass is 35.5. The van der Waals surface area contributed by atoms with Gasteiger partial charge in [0.15, 0.2) is 5.13 Å². The second kappa shape index (κ2) is 9.73. The molecule has 180 valence electrons. The van der Waals surface area contributed by atoms with E-state index in [4.69, 9.17) is 21.6 Å². The number of aromatic nitrogens is 3. The Bertz CT molecular complexity index is 1710. The molecule has 0 N–H and O–H groups in total. The summed E-state index contributed by atoms with van der Waals surface area (Å²) in [7, 11) is 0. The molecule has 6 aromatic rings. The molecule has 0 saturated heterocycles. The standard InChI is InChI=1S/C30H21ClN4OS/c1-19-14-15-24(31)28-27(19)34-30(37-28)35(18-21-11-7-8-16-32-21)29(36)23-17-26(20-9-3-2-4-10-20)33-25-13-6-5-12-22(23)25/h2-17H,18H2,1H3. The van der Waals surface area contributed by atoms with E-state index >= 15 is 0 Å². The molecule has 0 fully saturated rings. The second-order valence-corrected chi connectivity index (χ2v) is 10.1. The minimum absolute atomic E-state index is 0.172. The van der Waals surface area contributed by atoms with Crippen molar-refractivity contribution in [1.82, 2.24) is 15.0 Å². The van der Waals surface area contributed by atoms with Crippen LogP contribution >= 0.6 is 22.9 Å².